The van der Waals surface area contributed by atoms with Crippen LogP contribution < -0.4 is 5.32 Å². The molecule has 98 valence electrons. The molecule has 4 heteroatoms. The van der Waals surface area contributed by atoms with E-state index in [9.17, 15) is 5.11 Å². The van der Waals surface area contributed by atoms with Crippen molar-refractivity contribution >= 4 is 0 Å². The van der Waals surface area contributed by atoms with Crippen molar-refractivity contribution in [2.24, 2.45) is 0 Å². The number of hydrogen-bond donors (Lipinski definition) is 2. The minimum Gasteiger partial charge on any atom is -0.386 e. The molecule has 0 spiro atoms. The molecule has 17 heavy (non-hydrogen) atoms. The van der Waals surface area contributed by atoms with Crippen LogP contribution in [0, 0.1) is 0 Å². The van der Waals surface area contributed by atoms with Crippen LogP contribution in [0.3, 0.4) is 0 Å². The van der Waals surface area contributed by atoms with Crippen molar-refractivity contribution in [3.63, 3.8) is 0 Å². The standard InChI is InChI=1S/C13H24N2O2/c1-10-13(16,5-8-17-10)9-14-11-4-7-15-6-2-3-12(11)15/h10-12,14,16H,2-9H2,1H3. The zero-order chi connectivity index (χ0) is 11.9. The summed E-state index contributed by atoms with van der Waals surface area (Å²) in [6.07, 6.45) is 4.63. The first kappa shape index (κ1) is 11.9. The first-order valence-electron chi connectivity index (χ1n) is 7.00. The highest BCUT2D eigenvalue weighted by molar-refractivity contribution is 4.98. The molecule has 3 fully saturated rings. The largest absolute Gasteiger partial charge is 0.386 e. The molecule has 3 aliphatic rings. The number of ether oxygens (including phenoxy) is 1. The van der Waals surface area contributed by atoms with Crippen LogP contribution in [-0.4, -0.2) is 60.0 Å². The lowest BCUT2D eigenvalue weighted by Gasteiger charge is -2.30. The van der Waals surface area contributed by atoms with Gasteiger partial charge in [0.05, 0.1) is 6.10 Å². The summed E-state index contributed by atoms with van der Waals surface area (Å²) in [4.78, 5) is 2.59. The van der Waals surface area contributed by atoms with E-state index in [0.717, 1.165) is 12.5 Å². The van der Waals surface area contributed by atoms with E-state index in [-0.39, 0.29) is 6.10 Å². The molecule has 0 amide bonds. The summed E-state index contributed by atoms with van der Waals surface area (Å²) in [5.41, 5.74) is -0.647. The van der Waals surface area contributed by atoms with E-state index in [4.69, 9.17) is 4.74 Å². The Balaban J connectivity index is 1.54. The van der Waals surface area contributed by atoms with Crippen LogP contribution in [0.4, 0.5) is 0 Å². The number of fused-ring (bicyclic) bond motifs is 1. The van der Waals surface area contributed by atoms with Gasteiger partial charge in [-0.25, -0.2) is 0 Å². The smallest absolute Gasteiger partial charge is 0.105 e. The van der Waals surface area contributed by atoms with Gasteiger partial charge in [-0.05, 0) is 32.7 Å². The van der Waals surface area contributed by atoms with Crippen LogP contribution in [0.1, 0.15) is 32.6 Å². The van der Waals surface area contributed by atoms with Crippen molar-refractivity contribution in [1.82, 2.24) is 10.2 Å². The van der Waals surface area contributed by atoms with Crippen molar-refractivity contribution in [2.75, 3.05) is 26.2 Å². The van der Waals surface area contributed by atoms with Crippen molar-refractivity contribution < 1.29 is 9.84 Å². The SMILES string of the molecule is CC1OCCC1(O)CNC1CCN2CCCC12. The van der Waals surface area contributed by atoms with Gasteiger partial charge in [-0.1, -0.05) is 0 Å². The summed E-state index contributed by atoms with van der Waals surface area (Å²) in [6, 6.07) is 1.30. The number of aliphatic hydroxyl groups is 1. The summed E-state index contributed by atoms with van der Waals surface area (Å²) < 4.78 is 5.47. The molecule has 4 nitrogen and oxygen atoms in total. The number of rotatable bonds is 3. The summed E-state index contributed by atoms with van der Waals surface area (Å²) in [6.45, 7) is 5.85. The molecule has 4 unspecified atom stereocenters. The van der Waals surface area contributed by atoms with Crippen LogP contribution in [0.25, 0.3) is 0 Å². The van der Waals surface area contributed by atoms with E-state index in [0.29, 0.717) is 19.2 Å². The summed E-state index contributed by atoms with van der Waals surface area (Å²) in [7, 11) is 0. The summed E-state index contributed by atoms with van der Waals surface area (Å²) in [5, 5.41) is 14.1. The fourth-order valence-electron chi connectivity index (χ4n) is 3.63. The second kappa shape index (κ2) is 4.50. The van der Waals surface area contributed by atoms with Gasteiger partial charge >= 0.3 is 0 Å². The Morgan fingerprint density at radius 2 is 2.29 bits per heavy atom. The predicted octanol–water partition coefficient (Wildman–Crippen LogP) is 0.353. The molecule has 3 aliphatic heterocycles. The van der Waals surface area contributed by atoms with Crippen LogP contribution in [0.2, 0.25) is 0 Å². The van der Waals surface area contributed by atoms with E-state index >= 15 is 0 Å². The lowest BCUT2D eigenvalue weighted by Crippen LogP contribution is -2.50. The normalized spacial score (nSPS) is 46.6. The lowest BCUT2D eigenvalue weighted by molar-refractivity contribution is -0.0280. The van der Waals surface area contributed by atoms with Crippen LogP contribution in [-0.2, 0) is 4.74 Å². The molecule has 0 aromatic carbocycles. The molecule has 0 saturated carbocycles. The molecule has 0 radical (unpaired) electrons. The molecule has 3 saturated heterocycles. The van der Waals surface area contributed by atoms with E-state index < -0.39 is 5.60 Å². The Morgan fingerprint density at radius 1 is 1.41 bits per heavy atom. The predicted molar refractivity (Wildman–Crippen MR) is 66.0 cm³/mol. The fraction of sp³-hybridized carbons (Fsp3) is 1.00. The average Bonchev–Trinajstić information content (AvgIpc) is 2.94. The summed E-state index contributed by atoms with van der Waals surface area (Å²) in [5.74, 6) is 0. The molecule has 4 atom stereocenters. The monoisotopic (exact) mass is 240 g/mol. The van der Waals surface area contributed by atoms with Gasteiger partial charge in [0.1, 0.15) is 5.60 Å². The first-order valence-corrected chi connectivity index (χ1v) is 7.00. The highest BCUT2D eigenvalue weighted by atomic mass is 16.5. The zero-order valence-corrected chi connectivity index (χ0v) is 10.7. The van der Waals surface area contributed by atoms with Gasteiger partial charge in [-0.3, -0.25) is 4.90 Å². The minimum atomic E-state index is -0.647. The Morgan fingerprint density at radius 3 is 3.06 bits per heavy atom. The Hall–Kier alpha value is -0.160. The highest BCUT2D eigenvalue weighted by Crippen LogP contribution is 2.29. The van der Waals surface area contributed by atoms with Crippen molar-refractivity contribution in [1.29, 1.82) is 0 Å². The second-order valence-electron chi connectivity index (χ2n) is 5.89. The Labute approximate surface area is 103 Å². The Kier molecular flexibility index (Phi) is 3.15. The zero-order valence-electron chi connectivity index (χ0n) is 10.7. The molecular formula is C13H24N2O2. The maximum absolute atomic E-state index is 10.5. The quantitative estimate of drug-likeness (QED) is 0.747. The van der Waals surface area contributed by atoms with Gasteiger partial charge in [0, 0.05) is 38.2 Å². The van der Waals surface area contributed by atoms with Crippen molar-refractivity contribution in [3.05, 3.63) is 0 Å². The van der Waals surface area contributed by atoms with Gasteiger partial charge in [-0.15, -0.1) is 0 Å². The Bertz CT molecular complexity index is 287. The lowest BCUT2D eigenvalue weighted by atomic mass is 9.95. The number of nitrogens with one attached hydrogen (secondary N) is 1. The molecule has 0 bridgehead atoms. The third-order valence-corrected chi connectivity index (χ3v) is 4.94. The van der Waals surface area contributed by atoms with Crippen LogP contribution in [0.15, 0.2) is 0 Å². The molecule has 0 aliphatic carbocycles. The van der Waals surface area contributed by atoms with Crippen molar-refractivity contribution in [2.45, 2.75) is 56.4 Å². The molecule has 3 rings (SSSR count). The summed E-state index contributed by atoms with van der Waals surface area (Å²) >= 11 is 0. The van der Waals surface area contributed by atoms with Gasteiger partial charge in [0.25, 0.3) is 0 Å². The molecule has 0 aromatic heterocycles. The minimum absolute atomic E-state index is 0.0314. The van der Waals surface area contributed by atoms with E-state index in [2.05, 4.69) is 10.2 Å². The molecular weight excluding hydrogens is 216 g/mol. The number of nitrogens with zero attached hydrogens (tertiary/aromatic N) is 1. The molecule has 0 aromatic rings. The molecule has 3 heterocycles. The maximum Gasteiger partial charge on any atom is 0.105 e. The first-order chi connectivity index (χ1) is 8.19. The second-order valence-corrected chi connectivity index (χ2v) is 5.89. The van der Waals surface area contributed by atoms with Crippen LogP contribution in [0.5, 0.6) is 0 Å². The average molecular weight is 240 g/mol. The van der Waals surface area contributed by atoms with Gasteiger partial charge < -0.3 is 15.2 Å². The van der Waals surface area contributed by atoms with Gasteiger partial charge in [-0.2, -0.15) is 0 Å². The van der Waals surface area contributed by atoms with Gasteiger partial charge in [0.15, 0.2) is 0 Å². The molecule has 2 N–H and O–H groups in total. The maximum atomic E-state index is 10.5. The topological polar surface area (TPSA) is 44.7 Å². The van der Waals surface area contributed by atoms with Crippen molar-refractivity contribution in [3.8, 4) is 0 Å². The van der Waals surface area contributed by atoms with E-state index in [1.165, 1.54) is 32.4 Å². The third kappa shape index (κ3) is 2.12. The van der Waals surface area contributed by atoms with E-state index in [1.54, 1.807) is 0 Å². The fourth-order valence-corrected chi connectivity index (χ4v) is 3.63. The third-order valence-electron chi connectivity index (χ3n) is 4.94. The van der Waals surface area contributed by atoms with Crippen LogP contribution >= 0.6 is 0 Å². The highest BCUT2D eigenvalue weighted by Gasteiger charge is 2.42. The van der Waals surface area contributed by atoms with Gasteiger partial charge in [0.2, 0.25) is 0 Å². The van der Waals surface area contributed by atoms with E-state index in [1.807, 2.05) is 6.92 Å². The number of hydrogen-bond acceptors (Lipinski definition) is 4.